The predicted molar refractivity (Wildman–Crippen MR) is 96.2 cm³/mol. The number of aromatic nitrogens is 3. The van der Waals surface area contributed by atoms with Crippen LogP contribution in [0, 0.1) is 0 Å². The number of hydrogen-bond acceptors (Lipinski definition) is 5. The maximum absolute atomic E-state index is 13.0. The number of hydrogen-bond donors (Lipinski definition) is 0. The molecule has 140 valence electrons. The zero-order valence-corrected chi connectivity index (χ0v) is 15.5. The van der Waals surface area contributed by atoms with E-state index in [2.05, 4.69) is 10.2 Å². The Kier molecular flexibility index (Phi) is 6.49. The largest absolute Gasteiger partial charge is 0.489 e. The molecule has 0 aliphatic heterocycles. The molecule has 0 amide bonds. The third-order valence-corrected chi connectivity index (χ3v) is 3.40. The van der Waals surface area contributed by atoms with Crippen LogP contribution in [-0.4, -0.2) is 33.2 Å². The maximum Gasteiger partial charge on any atom is 0.306 e. The second-order valence-corrected chi connectivity index (χ2v) is 6.89. The number of rotatable bonds is 7. The van der Waals surface area contributed by atoms with E-state index in [1.807, 2.05) is 12.1 Å². The Morgan fingerprint density at radius 2 is 1.92 bits per heavy atom. The minimum Gasteiger partial charge on any atom is -0.489 e. The number of ether oxygens (including phenoxy) is 2. The van der Waals surface area contributed by atoms with Gasteiger partial charge in [-0.2, -0.15) is 15.0 Å². The third kappa shape index (κ3) is 6.31. The summed E-state index contributed by atoms with van der Waals surface area (Å²) in [5, 5.41) is 8.26. The van der Waals surface area contributed by atoms with E-state index in [-0.39, 0.29) is 25.4 Å². The zero-order valence-electron chi connectivity index (χ0n) is 15.5. The van der Waals surface area contributed by atoms with Gasteiger partial charge in [-0.15, -0.1) is 0 Å². The molecule has 0 radical (unpaired) electrons. The molecule has 26 heavy (non-hydrogen) atoms. The minimum absolute atomic E-state index is 0.0732. The normalized spacial score (nSPS) is 12.1. The topological polar surface area (TPSA) is 66.2 Å². The van der Waals surface area contributed by atoms with Crippen molar-refractivity contribution in [1.82, 2.24) is 15.0 Å². The summed E-state index contributed by atoms with van der Waals surface area (Å²) in [6.45, 7) is 5.46. The quantitative estimate of drug-likeness (QED) is 0.701. The van der Waals surface area contributed by atoms with Gasteiger partial charge in [-0.05, 0) is 57.0 Å². The molecule has 1 aromatic carbocycles. The van der Waals surface area contributed by atoms with Gasteiger partial charge in [-0.25, -0.2) is 4.39 Å². The van der Waals surface area contributed by atoms with Gasteiger partial charge in [0.15, 0.2) is 0 Å². The van der Waals surface area contributed by atoms with Crippen LogP contribution in [0.25, 0.3) is 11.3 Å². The predicted octanol–water partition coefficient (Wildman–Crippen LogP) is 3.84. The minimum atomic E-state index is -0.544. The monoisotopic (exact) mass is 361 g/mol. The molecule has 0 unspecified atom stereocenters. The number of carbonyl (C=O) groups is 1. The van der Waals surface area contributed by atoms with Gasteiger partial charge in [0.1, 0.15) is 23.7 Å². The van der Waals surface area contributed by atoms with E-state index in [4.69, 9.17) is 9.47 Å². The van der Waals surface area contributed by atoms with E-state index in [9.17, 15) is 9.18 Å². The van der Waals surface area contributed by atoms with Gasteiger partial charge >= 0.3 is 5.97 Å². The highest BCUT2D eigenvalue weighted by molar-refractivity contribution is 5.70. The van der Waals surface area contributed by atoms with Crippen LogP contribution in [0.3, 0.4) is 0 Å². The molecule has 0 aliphatic carbocycles. The number of nitrogens with zero attached hydrogens (tertiary/aromatic N) is 3. The van der Waals surface area contributed by atoms with E-state index < -0.39 is 5.60 Å². The molecule has 0 atom stereocenters. The molecule has 7 heteroatoms. The van der Waals surface area contributed by atoms with Crippen LogP contribution in [0.5, 0.6) is 5.75 Å². The van der Waals surface area contributed by atoms with E-state index >= 15 is 0 Å². The number of halogens is 1. The van der Waals surface area contributed by atoms with Gasteiger partial charge < -0.3 is 9.47 Å². The first kappa shape index (κ1) is 19.6. The highest BCUT2D eigenvalue weighted by Gasteiger charge is 2.16. The molecule has 0 bridgehead atoms. The van der Waals surface area contributed by atoms with Crippen molar-refractivity contribution in [3.05, 3.63) is 42.4 Å². The van der Waals surface area contributed by atoms with Gasteiger partial charge in [0.2, 0.25) is 0 Å². The van der Waals surface area contributed by atoms with Crippen molar-refractivity contribution in [2.75, 3.05) is 6.61 Å². The molecule has 0 saturated carbocycles. The number of aryl methyl sites for hydroxylation is 1. The first-order chi connectivity index (χ1) is 12.3. The first-order valence-corrected chi connectivity index (χ1v) is 8.36. The van der Waals surface area contributed by atoms with E-state index in [0.717, 1.165) is 11.3 Å². The van der Waals surface area contributed by atoms with E-state index in [1.165, 1.54) is 4.80 Å². The summed E-state index contributed by atoms with van der Waals surface area (Å²) in [7, 11) is 1.75. The van der Waals surface area contributed by atoms with Crippen LogP contribution in [0.1, 0.15) is 33.6 Å². The Balaban J connectivity index is 1.83. The molecule has 2 rings (SSSR count). The molecule has 1 heterocycles. The molecule has 0 aliphatic rings. The lowest BCUT2D eigenvalue weighted by atomic mass is 10.1. The van der Waals surface area contributed by atoms with E-state index in [1.54, 1.807) is 46.1 Å². The third-order valence-electron chi connectivity index (χ3n) is 3.40. The van der Waals surface area contributed by atoms with Crippen LogP contribution >= 0.6 is 0 Å². The number of carbonyl (C=O) groups excluding carboxylic acids is 1. The lowest BCUT2D eigenvalue weighted by Gasteiger charge is -2.19. The SMILES string of the molecule is Cn1ncc(-c2ccc(OC/C(=C/F)CCC(=O)OC(C)(C)C)cc2)n1. The van der Waals surface area contributed by atoms with Crippen molar-refractivity contribution in [3.8, 4) is 17.0 Å². The first-order valence-electron chi connectivity index (χ1n) is 8.36. The van der Waals surface area contributed by atoms with Crippen molar-refractivity contribution in [3.63, 3.8) is 0 Å². The Morgan fingerprint density at radius 1 is 1.23 bits per heavy atom. The Morgan fingerprint density at radius 3 is 2.46 bits per heavy atom. The van der Waals surface area contributed by atoms with Crippen LogP contribution in [-0.2, 0) is 16.6 Å². The van der Waals surface area contributed by atoms with E-state index in [0.29, 0.717) is 17.7 Å². The highest BCUT2D eigenvalue weighted by Crippen LogP contribution is 2.21. The fourth-order valence-corrected chi connectivity index (χ4v) is 2.19. The van der Waals surface area contributed by atoms with Crippen molar-refractivity contribution in [2.24, 2.45) is 7.05 Å². The highest BCUT2D eigenvalue weighted by atomic mass is 19.1. The van der Waals surface area contributed by atoms with Crippen molar-refractivity contribution < 1.29 is 18.7 Å². The van der Waals surface area contributed by atoms with Gasteiger partial charge in [0.25, 0.3) is 0 Å². The molecule has 0 saturated heterocycles. The molecular formula is C19H24FN3O3. The molecule has 0 N–H and O–H groups in total. The van der Waals surface area contributed by atoms with Crippen LogP contribution in [0.4, 0.5) is 4.39 Å². The summed E-state index contributed by atoms with van der Waals surface area (Å²) in [5.41, 5.74) is 1.53. The fraction of sp³-hybridized carbons (Fsp3) is 0.421. The summed E-state index contributed by atoms with van der Waals surface area (Å²) in [6, 6.07) is 7.29. The number of benzene rings is 1. The average Bonchev–Trinajstić information content (AvgIpc) is 3.00. The van der Waals surface area contributed by atoms with Gasteiger partial charge in [0.05, 0.1) is 12.5 Å². The van der Waals surface area contributed by atoms with Crippen LogP contribution < -0.4 is 4.74 Å². The van der Waals surface area contributed by atoms with Gasteiger partial charge in [0, 0.05) is 19.0 Å². The molecular weight excluding hydrogens is 337 g/mol. The lowest BCUT2D eigenvalue weighted by molar-refractivity contribution is -0.154. The summed E-state index contributed by atoms with van der Waals surface area (Å²) >= 11 is 0. The van der Waals surface area contributed by atoms with Crippen LogP contribution in [0.2, 0.25) is 0 Å². The summed E-state index contributed by atoms with van der Waals surface area (Å²) in [6.07, 6.45) is 2.53. The lowest BCUT2D eigenvalue weighted by Crippen LogP contribution is -2.23. The fourth-order valence-electron chi connectivity index (χ4n) is 2.19. The summed E-state index contributed by atoms with van der Waals surface area (Å²) in [4.78, 5) is 13.2. The molecule has 0 fully saturated rings. The Labute approximate surface area is 152 Å². The smallest absolute Gasteiger partial charge is 0.306 e. The Hall–Kier alpha value is -2.70. The summed E-state index contributed by atoms with van der Waals surface area (Å²) < 4.78 is 23.8. The van der Waals surface area contributed by atoms with Crippen molar-refractivity contribution in [1.29, 1.82) is 0 Å². The maximum atomic E-state index is 13.0. The molecule has 0 spiro atoms. The van der Waals surface area contributed by atoms with Crippen molar-refractivity contribution >= 4 is 5.97 Å². The second kappa shape index (κ2) is 8.60. The number of esters is 1. The van der Waals surface area contributed by atoms with Gasteiger partial charge in [-0.3, -0.25) is 4.79 Å². The second-order valence-electron chi connectivity index (χ2n) is 6.89. The average molecular weight is 361 g/mol. The van der Waals surface area contributed by atoms with Crippen molar-refractivity contribution in [2.45, 2.75) is 39.2 Å². The summed E-state index contributed by atoms with van der Waals surface area (Å²) in [5.74, 6) is 0.249. The molecule has 6 nitrogen and oxygen atoms in total. The molecule has 2 aromatic rings. The standard InChI is InChI=1S/C19H24FN3O3/c1-19(2,3)26-18(24)10-5-14(11-20)13-25-16-8-6-15(7-9-16)17-12-21-23(4)22-17/h6-9,11-12H,5,10,13H2,1-4H3/b14-11+. The van der Waals surface area contributed by atoms with Gasteiger partial charge in [-0.1, -0.05) is 0 Å². The Bertz CT molecular complexity index is 761. The zero-order chi connectivity index (χ0) is 19.2. The van der Waals surface area contributed by atoms with Crippen LogP contribution in [0.15, 0.2) is 42.4 Å². The molecule has 1 aromatic heterocycles.